The standard InChI is InChI=1S/C22H28N6O2S/c1-13(2)18-10-11-19(24-15(18)5)20-26-21(23-14(3)4)28-22(27-20)25-16-8-7-9-17(12-16)31(6,29)30/h7-14H,1-6H3,(H2,23,25,26,27,28). The van der Waals surface area contributed by atoms with E-state index >= 15 is 0 Å². The lowest BCUT2D eigenvalue weighted by atomic mass is 10.0. The lowest BCUT2D eigenvalue weighted by molar-refractivity contribution is 0.602. The number of hydrogen-bond acceptors (Lipinski definition) is 8. The van der Waals surface area contributed by atoms with Crippen LogP contribution in [0, 0.1) is 6.92 Å². The summed E-state index contributed by atoms with van der Waals surface area (Å²) in [5.74, 6) is 1.51. The second kappa shape index (κ2) is 8.97. The minimum absolute atomic E-state index is 0.120. The molecule has 0 fully saturated rings. The zero-order valence-electron chi connectivity index (χ0n) is 18.6. The van der Waals surface area contributed by atoms with E-state index < -0.39 is 9.84 Å². The highest BCUT2D eigenvalue weighted by molar-refractivity contribution is 7.90. The molecule has 164 valence electrons. The zero-order valence-corrected chi connectivity index (χ0v) is 19.4. The van der Waals surface area contributed by atoms with Gasteiger partial charge in [-0.3, -0.25) is 0 Å². The highest BCUT2D eigenvalue weighted by Crippen LogP contribution is 2.24. The largest absolute Gasteiger partial charge is 0.352 e. The molecule has 0 atom stereocenters. The van der Waals surface area contributed by atoms with Gasteiger partial charge in [-0.05, 0) is 56.5 Å². The Morgan fingerprint density at radius 1 is 0.903 bits per heavy atom. The van der Waals surface area contributed by atoms with Crippen molar-refractivity contribution < 1.29 is 8.42 Å². The molecule has 0 aliphatic heterocycles. The molecule has 1 aromatic carbocycles. The number of aryl methyl sites for hydroxylation is 1. The summed E-state index contributed by atoms with van der Waals surface area (Å²) in [6.45, 7) is 10.2. The second-order valence-corrected chi connectivity index (χ2v) is 10.1. The number of sulfone groups is 1. The van der Waals surface area contributed by atoms with Crippen LogP contribution in [0.2, 0.25) is 0 Å². The number of benzene rings is 1. The molecule has 2 N–H and O–H groups in total. The predicted octanol–water partition coefficient (Wildman–Crippen LogP) is 4.33. The van der Waals surface area contributed by atoms with Crippen LogP contribution in [-0.4, -0.2) is 40.7 Å². The van der Waals surface area contributed by atoms with E-state index in [1.54, 1.807) is 24.3 Å². The normalized spacial score (nSPS) is 11.7. The first kappa shape index (κ1) is 22.6. The Morgan fingerprint density at radius 3 is 2.23 bits per heavy atom. The van der Waals surface area contributed by atoms with Gasteiger partial charge in [0.1, 0.15) is 5.69 Å². The molecule has 0 radical (unpaired) electrons. The number of pyridine rings is 1. The molecule has 0 saturated heterocycles. The molecule has 0 amide bonds. The average Bonchev–Trinajstić information content (AvgIpc) is 2.66. The molecule has 0 spiro atoms. The summed E-state index contributed by atoms with van der Waals surface area (Å²) in [5.41, 5.74) is 3.31. The van der Waals surface area contributed by atoms with E-state index in [2.05, 4.69) is 39.4 Å². The third-order valence-corrected chi connectivity index (χ3v) is 5.66. The van der Waals surface area contributed by atoms with Crippen molar-refractivity contribution in [3.8, 4) is 11.5 Å². The molecular formula is C22H28N6O2S. The Labute approximate surface area is 183 Å². The smallest absolute Gasteiger partial charge is 0.232 e. The lowest BCUT2D eigenvalue weighted by Gasteiger charge is -2.13. The van der Waals surface area contributed by atoms with Crippen molar-refractivity contribution in [1.29, 1.82) is 0 Å². The Morgan fingerprint density at radius 2 is 1.61 bits per heavy atom. The minimum Gasteiger partial charge on any atom is -0.352 e. The molecular weight excluding hydrogens is 412 g/mol. The second-order valence-electron chi connectivity index (χ2n) is 8.06. The number of anilines is 3. The van der Waals surface area contributed by atoms with Gasteiger partial charge in [-0.25, -0.2) is 13.4 Å². The van der Waals surface area contributed by atoms with Crippen LogP contribution in [0.1, 0.15) is 44.9 Å². The van der Waals surface area contributed by atoms with Gasteiger partial charge < -0.3 is 10.6 Å². The fourth-order valence-electron chi connectivity index (χ4n) is 3.11. The van der Waals surface area contributed by atoms with Gasteiger partial charge in [0.25, 0.3) is 0 Å². The molecule has 0 aliphatic rings. The van der Waals surface area contributed by atoms with Gasteiger partial charge in [-0.1, -0.05) is 26.0 Å². The van der Waals surface area contributed by atoms with Crippen molar-refractivity contribution in [2.75, 3.05) is 16.9 Å². The summed E-state index contributed by atoms with van der Waals surface area (Å²) in [6.07, 6.45) is 1.17. The molecule has 2 aromatic heterocycles. The Balaban J connectivity index is 2.03. The predicted molar refractivity (Wildman–Crippen MR) is 123 cm³/mol. The molecule has 0 unspecified atom stereocenters. The summed E-state index contributed by atoms with van der Waals surface area (Å²) in [7, 11) is -3.32. The molecule has 3 aromatic rings. The van der Waals surface area contributed by atoms with E-state index in [4.69, 9.17) is 4.98 Å². The van der Waals surface area contributed by atoms with Crippen LogP contribution in [0.25, 0.3) is 11.5 Å². The first-order valence-electron chi connectivity index (χ1n) is 10.1. The Hall–Kier alpha value is -3.07. The first-order chi connectivity index (χ1) is 14.5. The molecule has 0 bridgehead atoms. The van der Waals surface area contributed by atoms with Gasteiger partial charge in [0, 0.05) is 23.7 Å². The lowest BCUT2D eigenvalue weighted by Crippen LogP contribution is -2.15. The van der Waals surface area contributed by atoms with Crippen LogP contribution < -0.4 is 10.6 Å². The van der Waals surface area contributed by atoms with Crippen molar-refractivity contribution in [3.63, 3.8) is 0 Å². The van der Waals surface area contributed by atoms with Gasteiger partial charge in [0.2, 0.25) is 11.9 Å². The van der Waals surface area contributed by atoms with Crippen molar-refractivity contribution >= 4 is 27.4 Å². The van der Waals surface area contributed by atoms with Crippen molar-refractivity contribution in [2.24, 2.45) is 0 Å². The third kappa shape index (κ3) is 5.75. The van der Waals surface area contributed by atoms with Crippen molar-refractivity contribution in [1.82, 2.24) is 19.9 Å². The Kier molecular flexibility index (Phi) is 6.54. The van der Waals surface area contributed by atoms with Gasteiger partial charge in [0.15, 0.2) is 15.7 Å². The topological polar surface area (TPSA) is 110 Å². The maximum Gasteiger partial charge on any atom is 0.232 e. The fraction of sp³-hybridized carbons (Fsp3) is 0.364. The Bertz CT molecular complexity index is 1190. The van der Waals surface area contributed by atoms with E-state index in [1.165, 1.54) is 11.8 Å². The monoisotopic (exact) mass is 440 g/mol. The summed E-state index contributed by atoms with van der Waals surface area (Å²) in [4.78, 5) is 18.4. The molecule has 2 heterocycles. The first-order valence-corrected chi connectivity index (χ1v) is 12.0. The van der Waals surface area contributed by atoms with E-state index in [0.717, 1.165) is 5.69 Å². The molecule has 31 heavy (non-hydrogen) atoms. The number of aromatic nitrogens is 4. The van der Waals surface area contributed by atoms with Crippen LogP contribution in [-0.2, 0) is 9.84 Å². The van der Waals surface area contributed by atoms with Gasteiger partial charge in [-0.2, -0.15) is 15.0 Å². The highest BCUT2D eigenvalue weighted by atomic mass is 32.2. The molecule has 8 nitrogen and oxygen atoms in total. The van der Waals surface area contributed by atoms with Crippen LogP contribution in [0.15, 0.2) is 41.3 Å². The molecule has 0 saturated carbocycles. The van der Waals surface area contributed by atoms with Gasteiger partial charge in [-0.15, -0.1) is 0 Å². The summed E-state index contributed by atoms with van der Waals surface area (Å²) in [6, 6.07) is 10.6. The van der Waals surface area contributed by atoms with Crippen molar-refractivity contribution in [2.45, 2.75) is 51.5 Å². The summed E-state index contributed by atoms with van der Waals surface area (Å²) in [5, 5.41) is 6.29. The maximum absolute atomic E-state index is 11.9. The maximum atomic E-state index is 11.9. The zero-order chi connectivity index (χ0) is 22.8. The van der Waals surface area contributed by atoms with Crippen LogP contribution >= 0.6 is 0 Å². The van der Waals surface area contributed by atoms with E-state index in [1.807, 2.05) is 32.9 Å². The number of nitrogens with one attached hydrogen (secondary N) is 2. The third-order valence-electron chi connectivity index (χ3n) is 4.55. The quantitative estimate of drug-likeness (QED) is 0.558. The summed E-state index contributed by atoms with van der Waals surface area (Å²) < 4.78 is 23.7. The van der Waals surface area contributed by atoms with E-state index in [-0.39, 0.29) is 10.9 Å². The van der Waals surface area contributed by atoms with E-state index in [9.17, 15) is 8.42 Å². The van der Waals surface area contributed by atoms with Gasteiger partial charge in [0.05, 0.1) is 4.90 Å². The SMILES string of the molecule is Cc1nc(-c2nc(Nc3cccc(S(C)(=O)=O)c3)nc(NC(C)C)n2)ccc1C(C)C. The average molecular weight is 441 g/mol. The van der Waals surface area contributed by atoms with Crippen LogP contribution in [0.3, 0.4) is 0 Å². The van der Waals surface area contributed by atoms with E-state index in [0.29, 0.717) is 35.0 Å². The molecule has 9 heteroatoms. The molecule has 0 aliphatic carbocycles. The number of hydrogen-bond donors (Lipinski definition) is 2. The highest BCUT2D eigenvalue weighted by Gasteiger charge is 2.14. The fourth-order valence-corrected chi connectivity index (χ4v) is 3.78. The molecule has 3 rings (SSSR count). The summed E-state index contributed by atoms with van der Waals surface area (Å²) >= 11 is 0. The van der Waals surface area contributed by atoms with Crippen LogP contribution in [0.5, 0.6) is 0 Å². The van der Waals surface area contributed by atoms with Crippen LogP contribution in [0.4, 0.5) is 17.6 Å². The minimum atomic E-state index is -3.32. The number of rotatable bonds is 7. The number of nitrogens with zero attached hydrogens (tertiary/aromatic N) is 4. The van der Waals surface area contributed by atoms with Gasteiger partial charge >= 0.3 is 0 Å². The van der Waals surface area contributed by atoms with Crippen molar-refractivity contribution in [3.05, 3.63) is 47.7 Å².